The number of benzene rings is 1. The summed E-state index contributed by atoms with van der Waals surface area (Å²) in [7, 11) is 0. The van der Waals surface area contributed by atoms with Gasteiger partial charge < -0.3 is 10.1 Å². The number of esters is 1. The Balaban J connectivity index is 1.57. The highest BCUT2D eigenvalue weighted by molar-refractivity contribution is 8.00. The molecule has 1 aromatic carbocycles. The van der Waals surface area contributed by atoms with E-state index in [9.17, 15) is 9.59 Å². The molecule has 0 bridgehead atoms. The number of amides is 1. The molecular weight excluding hydrogens is 382 g/mol. The number of aryl methyl sites for hydroxylation is 2. The molecular formula is C19H19N3O3S2. The van der Waals surface area contributed by atoms with E-state index in [4.69, 9.17) is 4.74 Å². The number of nitrogens with one attached hydrogen (secondary N) is 1. The average Bonchev–Trinajstić information content (AvgIpc) is 2.95. The van der Waals surface area contributed by atoms with Gasteiger partial charge in [-0.2, -0.15) is 0 Å². The summed E-state index contributed by atoms with van der Waals surface area (Å²) in [6, 6.07) is 9.04. The Hall–Kier alpha value is -2.45. The molecule has 0 saturated carbocycles. The highest BCUT2D eigenvalue weighted by Gasteiger charge is 2.19. The zero-order valence-corrected chi connectivity index (χ0v) is 16.8. The molecule has 0 aliphatic carbocycles. The number of ether oxygens (including phenoxy) is 1. The van der Waals surface area contributed by atoms with Crippen LogP contribution in [0, 0.1) is 13.8 Å². The van der Waals surface area contributed by atoms with E-state index in [1.807, 2.05) is 32.0 Å². The third-order valence-corrected chi connectivity index (χ3v) is 6.05. The van der Waals surface area contributed by atoms with Gasteiger partial charge in [0, 0.05) is 16.0 Å². The number of rotatable bonds is 6. The maximum atomic E-state index is 12.1. The molecule has 1 N–H and O–H groups in total. The number of hydrogen-bond donors (Lipinski definition) is 1. The zero-order chi connectivity index (χ0) is 19.4. The quantitative estimate of drug-likeness (QED) is 0.382. The van der Waals surface area contributed by atoms with Crippen LogP contribution in [-0.2, 0) is 14.3 Å². The predicted octanol–water partition coefficient (Wildman–Crippen LogP) is 3.97. The second-order valence-corrected chi connectivity index (χ2v) is 8.09. The number of aromatic nitrogens is 2. The Bertz CT molecular complexity index is 973. The molecule has 8 heteroatoms. The minimum Gasteiger partial charge on any atom is -0.452 e. The van der Waals surface area contributed by atoms with Gasteiger partial charge in [-0.05, 0) is 38.5 Å². The summed E-state index contributed by atoms with van der Waals surface area (Å²) in [5, 5.41) is 4.44. The molecule has 140 valence electrons. The molecule has 6 nitrogen and oxygen atoms in total. The first kappa shape index (κ1) is 19.3. The maximum Gasteiger partial charge on any atom is 0.317 e. The molecule has 1 amide bonds. The third-order valence-electron chi connectivity index (χ3n) is 3.98. The fourth-order valence-electron chi connectivity index (χ4n) is 2.44. The number of nitrogens with zero attached hydrogens (tertiary/aromatic N) is 2. The van der Waals surface area contributed by atoms with Crippen molar-refractivity contribution < 1.29 is 14.3 Å². The van der Waals surface area contributed by atoms with Gasteiger partial charge in [0.05, 0.1) is 5.75 Å². The average molecular weight is 402 g/mol. The molecule has 27 heavy (non-hydrogen) atoms. The van der Waals surface area contributed by atoms with Crippen LogP contribution in [0.5, 0.6) is 0 Å². The lowest BCUT2D eigenvalue weighted by Gasteiger charge is -2.13. The van der Waals surface area contributed by atoms with Crippen LogP contribution in [-0.4, -0.2) is 33.7 Å². The van der Waals surface area contributed by atoms with Crippen LogP contribution < -0.4 is 5.32 Å². The van der Waals surface area contributed by atoms with E-state index >= 15 is 0 Å². The van der Waals surface area contributed by atoms with Crippen LogP contribution in [0.4, 0.5) is 5.69 Å². The van der Waals surface area contributed by atoms with Crippen molar-refractivity contribution in [1.29, 1.82) is 0 Å². The first-order valence-electron chi connectivity index (χ1n) is 8.34. The number of hydrogen-bond acceptors (Lipinski definition) is 7. The highest BCUT2D eigenvalue weighted by atomic mass is 32.2. The topological polar surface area (TPSA) is 81.2 Å². The smallest absolute Gasteiger partial charge is 0.317 e. The molecule has 0 spiro atoms. The molecule has 2 aromatic heterocycles. The van der Waals surface area contributed by atoms with Gasteiger partial charge in [-0.3, -0.25) is 9.59 Å². The van der Waals surface area contributed by atoms with E-state index in [0.29, 0.717) is 5.69 Å². The van der Waals surface area contributed by atoms with Crippen molar-refractivity contribution >= 4 is 50.9 Å². The van der Waals surface area contributed by atoms with Gasteiger partial charge in [0.25, 0.3) is 5.91 Å². The molecule has 2 heterocycles. The van der Waals surface area contributed by atoms with Gasteiger partial charge in [-0.15, -0.1) is 11.3 Å². The van der Waals surface area contributed by atoms with Crippen molar-refractivity contribution in [2.75, 3.05) is 11.1 Å². The summed E-state index contributed by atoms with van der Waals surface area (Å²) in [6.07, 6.45) is 0.621. The number of carbonyl (C=O) groups is 2. The second kappa shape index (κ2) is 8.49. The summed E-state index contributed by atoms with van der Waals surface area (Å²) < 4.78 is 5.24. The highest BCUT2D eigenvalue weighted by Crippen LogP contribution is 2.34. The Morgan fingerprint density at radius 3 is 2.70 bits per heavy atom. The van der Waals surface area contributed by atoms with E-state index in [-0.39, 0.29) is 11.7 Å². The molecule has 0 saturated heterocycles. The Morgan fingerprint density at radius 2 is 1.96 bits per heavy atom. The third kappa shape index (κ3) is 4.64. The normalized spacial score (nSPS) is 12.0. The molecule has 0 aliphatic heterocycles. The van der Waals surface area contributed by atoms with Crippen molar-refractivity contribution in [1.82, 2.24) is 9.97 Å². The molecule has 0 aliphatic rings. The summed E-state index contributed by atoms with van der Waals surface area (Å²) in [4.78, 5) is 34.9. The molecule has 3 aromatic rings. The van der Waals surface area contributed by atoms with Crippen LogP contribution in [0.1, 0.15) is 17.4 Å². The minimum absolute atomic E-state index is 0.0728. The standard InChI is InChI=1S/C19H19N3O3S2/c1-11-13(3)27-19-16(11)18(20-10-21-19)26-9-15(23)25-12(2)17(24)22-14-7-5-4-6-8-14/h4-8,10,12H,9H2,1-3H3,(H,22,24)/t12-/m1/s1. The Labute approximate surface area is 165 Å². The number of thiophene rings is 1. The van der Waals surface area contributed by atoms with Gasteiger partial charge in [0.1, 0.15) is 16.2 Å². The lowest BCUT2D eigenvalue weighted by atomic mass is 10.2. The number of carbonyl (C=O) groups excluding carboxylic acids is 2. The van der Waals surface area contributed by atoms with Crippen molar-refractivity contribution in [2.45, 2.75) is 31.9 Å². The van der Waals surface area contributed by atoms with E-state index < -0.39 is 12.1 Å². The zero-order valence-electron chi connectivity index (χ0n) is 15.2. The summed E-state index contributed by atoms with van der Waals surface area (Å²) in [6.45, 7) is 5.61. The fraction of sp³-hybridized carbons (Fsp3) is 0.263. The molecule has 3 rings (SSSR count). The van der Waals surface area contributed by atoms with Gasteiger partial charge in [-0.25, -0.2) is 9.97 Å². The first-order valence-corrected chi connectivity index (χ1v) is 10.1. The van der Waals surface area contributed by atoms with Crippen LogP contribution >= 0.6 is 23.1 Å². The van der Waals surface area contributed by atoms with Crippen molar-refractivity contribution in [3.05, 3.63) is 47.1 Å². The number of anilines is 1. The van der Waals surface area contributed by atoms with Gasteiger partial charge in [-0.1, -0.05) is 30.0 Å². The fourth-order valence-corrected chi connectivity index (χ4v) is 4.34. The molecule has 0 fully saturated rings. The first-order chi connectivity index (χ1) is 13.0. The largest absolute Gasteiger partial charge is 0.452 e. The van der Waals surface area contributed by atoms with Gasteiger partial charge in [0.2, 0.25) is 0 Å². The molecule has 1 atom stereocenters. The van der Waals surface area contributed by atoms with Crippen LogP contribution in [0.2, 0.25) is 0 Å². The van der Waals surface area contributed by atoms with E-state index in [1.54, 1.807) is 30.4 Å². The van der Waals surface area contributed by atoms with Gasteiger partial charge in [0.15, 0.2) is 6.10 Å². The Kier molecular flexibility index (Phi) is 6.08. The lowest BCUT2D eigenvalue weighted by Crippen LogP contribution is -2.30. The van der Waals surface area contributed by atoms with E-state index in [1.165, 1.54) is 23.0 Å². The summed E-state index contributed by atoms with van der Waals surface area (Å²) >= 11 is 2.90. The van der Waals surface area contributed by atoms with Crippen LogP contribution in [0.15, 0.2) is 41.7 Å². The predicted molar refractivity (Wildman–Crippen MR) is 108 cm³/mol. The second-order valence-electron chi connectivity index (χ2n) is 5.92. The summed E-state index contributed by atoms with van der Waals surface area (Å²) in [5.74, 6) is -0.760. The van der Waals surface area contributed by atoms with Crippen LogP contribution in [0.25, 0.3) is 10.2 Å². The monoisotopic (exact) mass is 401 g/mol. The van der Waals surface area contributed by atoms with Crippen molar-refractivity contribution in [3.8, 4) is 0 Å². The Morgan fingerprint density at radius 1 is 1.22 bits per heavy atom. The lowest BCUT2D eigenvalue weighted by molar-refractivity contribution is -0.150. The summed E-state index contributed by atoms with van der Waals surface area (Å²) in [5.41, 5.74) is 1.79. The number of fused-ring (bicyclic) bond motifs is 1. The van der Waals surface area contributed by atoms with Gasteiger partial charge >= 0.3 is 5.97 Å². The minimum atomic E-state index is -0.881. The molecule has 0 radical (unpaired) electrons. The van der Waals surface area contributed by atoms with Crippen LogP contribution in [0.3, 0.4) is 0 Å². The van der Waals surface area contributed by atoms with Crippen molar-refractivity contribution in [3.63, 3.8) is 0 Å². The SMILES string of the molecule is Cc1sc2ncnc(SCC(=O)O[C@H](C)C(=O)Nc3ccccc3)c2c1C. The number of para-hydroxylation sites is 1. The number of thioether (sulfide) groups is 1. The maximum absolute atomic E-state index is 12.1. The van der Waals surface area contributed by atoms with E-state index in [0.717, 1.165) is 20.8 Å². The molecule has 0 unspecified atom stereocenters. The van der Waals surface area contributed by atoms with Crippen molar-refractivity contribution in [2.24, 2.45) is 0 Å². The van der Waals surface area contributed by atoms with E-state index in [2.05, 4.69) is 15.3 Å².